The molecule has 0 saturated carbocycles. The van der Waals surface area contributed by atoms with Crippen LogP contribution in [-0.4, -0.2) is 29.1 Å². The average Bonchev–Trinajstić information content (AvgIpc) is 2.14. The fraction of sp³-hybridized carbons (Fsp3) is 0.800. The monoisotopic (exact) mass is 201 g/mol. The second kappa shape index (κ2) is 5.62. The van der Waals surface area contributed by atoms with E-state index in [1.807, 2.05) is 27.7 Å². The van der Waals surface area contributed by atoms with Crippen LogP contribution in [0.5, 0.6) is 0 Å². The van der Waals surface area contributed by atoms with E-state index in [4.69, 9.17) is 9.84 Å². The van der Waals surface area contributed by atoms with Gasteiger partial charge in [-0.1, -0.05) is 13.8 Å². The number of rotatable bonds is 5. The van der Waals surface area contributed by atoms with Gasteiger partial charge < -0.3 is 9.84 Å². The summed E-state index contributed by atoms with van der Waals surface area (Å²) in [5.41, 5.74) is 0.0226. The quantitative estimate of drug-likeness (QED) is 0.549. The van der Waals surface area contributed by atoms with Gasteiger partial charge in [-0.05, 0) is 26.7 Å². The molecule has 0 saturated heterocycles. The summed E-state index contributed by atoms with van der Waals surface area (Å²) in [7, 11) is 0. The molecule has 0 atom stereocenters. The molecule has 0 aliphatic carbocycles. The van der Waals surface area contributed by atoms with Gasteiger partial charge in [-0.2, -0.15) is 0 Å². The van der Waals surface area contributed by atoms with Gasteiger partial charge in [0.2, 0.25) is 0 Å². The smallest absolute Gasteiger partial charge is 0.450 e. The minimum absolute atomic E-state index is 0.616. The van der Waals surface area contributed by atoms with E-state index in [0.29, 0.717) is 19.4 Å². The molecule has 0 spiro atoms. The molecule has 0 aromatic carbocycles. The zero-order valence-electron chi connectivity index (χ0n) is 9.33. The summed E-state index contributed by atoms with van der Waals surface area (Å²) in [6.07, 6.45) is -0.00430. The molecular weight excluding hydrogens is 182 g/mol. The van der Waals surface area contributed by atoms with Crippen LogP contribution in [0.2, 0.25) is 0 Å². The van der Waals surface area contributed by atoms with Gasteiger partial charge in [0.15, 0.2) is 5.60 Å². The molecule has 0 bridgehead atoms. The molecule has 0 aromatic heterocycles. The van der Waals surface area contributed by atoms with Crippen molar-refractivity contribution in [2.75, 3.05) is 6.54 Å². The van der Waals surface area contributed by atoms with Crippen molar-refractivity contribution in [1.82, 2.24) is 0 Å². The molecule has 0 rings (SSSR count). The third-order valence-corrected chi connectivity index (χ3v) is 2.48. The van der Waals surface area contributed by atoms with Crippen LogP contribution in [0.4, 0.5) is 4.79 Å². The number of nitrogens with zero attached hydrogens (tertiary/aromatic N) is 1. The predicted octanol–water partition coefficient (Wildman–Crippen LogP) is 2.72. The van der Waals surface area contributed by atoms with Gasteiger partial charge in [-0.15, -0.1) is 0 Å². The lowest BCUT2D eigenvalue weighted by Crippen LogP contribution is -2.40. The van der Waals surface area contributed by atoms with E-state index in [1.165, 1.54) is 0 Å². The Bertz CT molecular complexity index is 219. The Labute approximate surface area is 85.0 Å². The first-order valence-electron chi connectivity index (χ1n) is 4.95. The molecule has 0 unspecified atom stereocenters. The third kappa shape index (κ3) is 3.01. The van der Waals surface area contributed by atoms with Crippen molar-refractivity contribution in [3.63, 3.8) is 0 Å². The number of aliphatic imine (C=N–C) groups is 1. The van der Waals surface area contributed by atoms with Crippen molar-refractivity contribution in [1.29, 1.82) is 0 Å². The van der Waals surface area contributed by atoms with Crippen LogP contribution in [0.1, 0.15) is 40.5 Å². The van der Waals surface area contributed by atoms with Gasteiger partial charge in [-0.25, -0.2) is 4.79 Å². The first kappa shape index (κ1) is 12.9. The van der Waals surface area contributed by atoms with E-state index >= 15 is 0 Å². The highest BCUT2D eigenvalue weighted by molar-refractivity contribution is 5.91. The van der Waals surface area contributed by atoms with Crippen LogP contribution in [-0.2, 0) is 4.74 Å². The Morgan fingerprint density at radius 2 is 1.86 bits per heavy atom. The average molecular weight is 201 g/mol. The summed E-state index contributed by atoms with van der Waals surface area (Å²) >= 11 is 0. The van der Waals surface area contributed by atoms with Crippen LogP contribution in [0, 0.1) is 0 Å². The molecule has 0 heterocycles. The van der Waals surface area contributed by atoms with Gasteiger partial charge in [-0.3, -0.25) is 4.99 Å². The van der Waals surface area contributed by atoms with E-state index in [9.17, 15) is 4.79 Å². The Morgan fingerprint density at radius 1 is 1.36 bits per heavy atom. The fourth-order valence-electron chi connectivity index (χ4n) is 1.53. The minimum Gasteiger partial charge on any atom is -0.450 e. The topological polar surface area (TPSA) is 58.9 Å². The first-order valence-corrected chi connectivity index (χ1v) is 4.95. The predicted molar refractivity (Wildman–Crippen MR) is 56.1 cm³/mol. The fourth-order valence-corrected chi connectivity index (χ4v) is 1.53. The Kier molecular flexibility index (Phi) is 5.20. The Hall–Kier alpha value is -1.06. The molecule has 0 amide bonds. The normalized spacial score (nSPS) is 12.7. The maximum atomic E-state index is 10.6. The molecular formula is C10H19NO3. The zero-order valence-corrected chi connectivity index (χ0v) is 9.33. The highest BCUT2D eigenvalue weighted by Gasteiger charge is 2.33. The van der Waals surface area contributed by atoms with E-state index in [-0.39, 0.29) is 0 Å². The number of carbonyl (C=O) groups is 1. The third-order valence-electron chi connectivity index (χ3n) is 2.48. The highest BCUT2D eigenvalue weighted by Crippen LogP contribution is 2.23. The maximum Gasteiger partial charge on any atom is 0.506 e. The second-order valence-corrected chi connectivity index (χ2v) is 3.13. The number of hydrogen-bond acceptors (Lipinski definition) is 3. The largest absolute Gasteiger partial charge is 0.506 e. The first-order chi connectivity index (χ1) is 6.52. The van der Waals surface area contributed by atoms with Crippen LogP contribution in [0.25, 0.3) is 0 Å². The lowest BCUT2D eigenvalue weighted by atomic mass is 9.92. The van der Waals surface area contributed by atoms with Crippen molar-refractivity contribution < 1.29 is 14.6 Å². The van der Waals surface area contributed by atoms with Crippen LogP contribution < -0.4 is 0 Å². The summed E-state index contributed by atoms with van der Waals surface area (Å²) in [6, 6.07) is 0. The van der Waals surface area contributed by atoms with Gasteiger partial charge in [0.25, 0.3) is 0 Å². The highest BCUT2D eigenvalue weighted by atomic mass is 16.7. The molecule has 82 valence electrons. The lowest BCUT2D eigenvalue weighted by Gasteiger charge is -2.30. The van der Waals surface area contributed by atoms with Crippen LogP contribution >= 0.6 is 0 Å². The molecule has 4 nitrogen and oxygen atoms in total. The standard InChI is InChI=1S/C10H19NO3/c1-5-10(6-2,14-9(12)13)8(4)11-7-3/h5-7H2,1-4H3,(H,12,13)/b11-8-. The number of carboxylic acid groups (broad SMARTS) is 1. The van der Waals surface area contributed by atoms with Crippen molar-refractivity contribution in [2.24, 2.45) is 4.99 Å². The van der Waals surface area contributed by atoms with Gasteiger partial charge in [0, 0.05) is 6.54 Å². The summed E-state index contributed by atoms with van der Waals surface area (Å²) in [4.78, 5) is 14.8. The molecule has 1 N–H and O–H groups in total. The van der Waals surface area contributed by atoms with E-state index < -0.39 is 11.8 Å². The molecule has 0 aliphatic rings. The van der Waals surface area contributed by atoms with Crippen molar-refractivity contribution >= 4 is 11.9 Å². The van der Waals surface area contributed by atoms with Crippen molar-refractivity contribution in [3.8, 4) is 0 Å². The van der Waals surface area contributed by atoms with E-state index in [0.717, 1.165) is 5.71 Å². The number of ether oxygens (including phenoxy) is 1. The van der Waals surface area contributed by atoms with Crippen LogP contribution in [0.15, 0.2) is 4.99 Å². The van der Waals surface area contributed by atoms with Gasteiger partial charge in [0.1, 0.15) is 0 Å². The zero-order chi connectivity index (χ0) is 11.2. The lowest BCUT2D eigenvalue weighted by molar-refractivity contribution is 0.0172. The van der Waals surface area contributed by atoms with E-state index in [2.05, 4.69) is 4.99 Å². The number of hydrogen-bond donors (Lipinski definition) is 1. The molecule has 14 heavy (non-hydrogen) atoms. The molecule has 0 fully saturated rings. The summed E-state index contributed by atoms with van der Waals surface area (Å²) in [5.74, 6) is 0. The summed E-state index contributed by atoms with van der Waals surface area (Å²) < 4.78 is 4.94. The van der Waals surface area contributed by atoms with Crippen LogP contribution in [0.3, 0.4) is 0 Å². The minimum atomic E-state index is -1.24. The SMILES string of the molecule is CC/N=C(/C)C(CC)(CC)OC(=O)O. The Morgan fingerprint density at radius 3 is 2.14 bits per heavy atom. The summed E-state index contributed by atoms with van der Waals surface area (Å²) in [6.45, 7) is 8.19. The molecule has 0 aromatic rings. The van der Waals surface area contributed by atoms with Gasteiger partial charge in [0.05, 0.1) is 5.71 Å². The molecule has 4 heteroatoms. The second-order valence-electron chi connectivity index (χ2n) is 3.13. The molecule has 0 radical (unpaired) electrons. The Balaban J connectivity index is 4.86. The molecule has 0 aliphatic heterocycles. The maximum absolute atomic E-state index is 10.6. The van der Waals surface area contributed by atoms with Crippen molar-refractivity contribution in [2.45, 2.75) is 46.1 Å². The van der Waals surface area contributed by atoms with Crippen molar-refractivity contribution in [3.05, 3.63) is 0 Å². The van der Waals surface area contributed by atoms with Gasteiger partial charge >= 0.3 is 6.16 Å². The summed E-state index contributed by atoms with van der Waals surface area (Å²) in [5, 5.41) is 8.65. The van der Waals surface area contributed by atoms with E-state index in [1.54, 1.807) is 0 Å².